The molecule has 0 aliphatic rings. The average Bonchev–Trinajstić information content (AvgIpc) is 2.34. The smallest absolute Gasteiger partial charge is 0.253 e. The lowest BCUT2D eigenvalue weighted by molar-refractivity contribution is 0.0786. The van der Waals surface area contributed by atoms with Gasteiger partial charge in [0.2, 0.25) is 0 Å². The predicted molar refractivity (Wildman–Crippen MR) is 76.2 cm³/mol. The predicted octanol–water partition coefficient (Wildman–Crippen LogP) is 2.09. The Balaban J connectivity index is 2.74. The highest BCUT2D eigenvalue weighted by molar-refractivity contribution is 9.10. The molecule has 0 radical (unpaired) electrons. The van der Waals surface area contributed by atoms with Crippen LogP contribution in [0.4, 0.5) is 0 Å². The highest BCUT2D eigenvalue weighted by Gasteiger charge is 2.13. The minimum absolute atomic E-state index is 0.0141. The molecule has 0 saturated heterocycles. The number of carbonyl (C=O) groups excluding carboxylic acids is 1. The third-order valence-electron chi connectivity index (χ3n) is 2.63. The van der Waals surface area contributed by atoms with Crippen molar-refractivity contribution in [3.63, 3.8) is 0 Å². The second kappa shape index (κ2) is 6.75. The largest absolute Gasteiger partial charge is 0.496 e. The quantitative estimate of drug-likeness (QED) is 0.834. The SMILES string of the molecule is COc1ccc(C(=O)N(C)CCN(C)C)cc1Br. The van der Waals surface area contributed by atoms with Crippen molar-refractivity contribution in [1.82, 2.24) is 9.80 Å². The summed E-state index contributed by atoms with van der Waals surface area (Å²) in [4.78, 5) is 15.9. The number of rotatable bonds is 5. The number of hydrogen-bond acceptors (Lipinski definition) is 3. The van der Waals surface area contributed by atoms with Gasteiger partial charge >= 0.3 is 0 Å². The molecule has 0 aromatic heterocycles. The zero-order valence-corrected chi connectivity index (χ0v) is 12.8. The van der Waals surface area contributed by atoms with Crippen LogP contribution in [0.25, 0.3) is 0 Å². The Morgan fingerprint density at radius 3 is 2.44 bits per heavy atom. The van der Waals surface area contributed by atoms with Crippen LogP contribution in [-0.4, -0.2) is 57.0 Å². The first-order valence-electron chi connectivity index (χ1n) is 5.69. The molecule has 0 atom stereocenters. The van der Waals surface area contributed by atoms with E-state index in [0.29, 0.717) is 12.1 Å². The van der Waals surface area contributed by atoms with Crippen LogP contribution in [0.3, 0.4) is 0 Å². The maximum Gasteiger partial charge on any atom is 0.253 e. The Kier molecular flexibility index (Phi) is 5.62. The summed E-state index contributed by atoms with van der Waals surface area (Å²) in [5, 5.41) is 0. The number of likely N-dealkylation sites (N-methyl/N-ethyl adjacent to an activating group) is 2. The Morgan fingerprint density at radius 1 is 1.28 bits per heavy atom. The van der Waals surface area contributed by atoms with Crippen LogP contribution < -0.4 is 4.74 Å². The van der Waals surface area contributed by atoms with Crippen molar-refractivity contribution < 1.29 is 9.53 Å². The number of carbonyl (C=O) groups is 1. The monoisotopic (exact) mass is 314 g/mol. The zero-order chi connectivity index (χ0) is 13.7. The van der Waals surface area contributed by atoms with Gasteiger partial charge in [-0.1, -0.05) is 0 Å². The third kappa shape index (κ3) is 3.99. The van der Waals surface area contributed by atoms with Crippen LogP contribution in [-0.2, 0) is 0 Å². The molecule has 0 aliphatic heterocycles. The van der Waals surface area contributed by atoms with E-state index in [9.17, 15) is 4.79 Å². The molecular weight excluding hydrogens is 296 g/mol. The topological polar surface area (TPSA) is 32.8 Å². The minimum Gasteiger partial charge on any atom is -0.496 e. The summed E-state index contributed by atoms with van der Waals surface area (Å²) < 4.78 is 5.93. The first kappa shape index (κ1) is 15.0. The van der Waals surface area contributed by atoms with Gasteiger partial charge in [0.15, 0.2) is 0 Å². The Hall–Kier alpha value is -1.07. The van der Waals surface area contributed by atoms with E-state index in [1.807, 2.05) is 26.0 Å². The molecule has 0 saturated carbocycles. The van der Waals surface area contributed by atoms with Gasteiger partial charge in [-0.3, -0.25) is 4.79 Å². The molecule has 0 N–H and O–H groups in total. The summed E-state index contributed by atoms with van der Waals surface area (Å²) in [7, 11) is 7.39. The van der Waals surface area contributed by atoms with Crippen molar-refractivity contribution >= 4 is 21.8 Å². The van der Waals surface area contributed by atoms with Crippen molar-refractivity contribution in [3.8, 4) is 5.75 Å². The maximum atomic E-state index is 12.2. The van der Waals surface area contributed by atoms with Crippen LogP contribution in [0.2, 0.25) is 0 Å². The number of hydrogen-bond donors (Lipinski definition) is 0. The van der Waals surface area contributed by atoms with Crippen molar-refractivity contribution in [2.75, 3.05) is 41.3 Å². The number of halogens is 1. The fourth-order valence-electron chi connectivity index (χ4n) is 1.47. The van der Waals surface area contributed by atoms with Gasteiger partial charge in [0.1, 0.15) is 5.75 Å². The number of amides is 1. The van der Waals surface area contributed by atoms with Gasteiger partial charge in [-0.15, -0.1) is 0 Å². The first-order chi connectivity index (χ1) is 8.45. The summed E-state index contributed by atoms with van der Waals surface area (Å²) in [5.41, 5.74) is 0.656. The van der Waals surface area contributed by atoms with Gasteiger partial charge in [-0.05, 0) is 48.2 Å². The molecule has 0 heterocycles. The molecule has 0 spiro atoms. The Bertz CT molecular complexity index is 421. The first-order valence-corrected chi connectivity index (χ1v) is 6.48. The van der Waals surface area contributed by atoms with E-state index in [-0.39, 0.29) is 5.91 Å². The Morgan fingerprint density at radius 2 is 1.94 bits per heavy atom. The lowest BCUT2D eigenvalue weighted by Gasteiger charge is -2.20. The highest BCUT2D eigenvalue weighted by Crippen LogP contribution is 2.25. The van der Waals surface area contributed by atoms with Crippen molar-refractivity contribution in [2.45, 2.75) is 0 Å². The van der Waals surface area contributed by atoms with Crippen LogP contribution >= 0.6 is 15.9 Å². The highest BCUT2D eigenvalue weighted by atomic mass is 79.9. The van der Waals surface area contributed by atoms with Gasteiger partial charge < -0.3 is 14.5 Å². The van der Waals surface area contributed by atoms with Gasteiger partial charge in [-0.2, -0.15) is 0 Å². The zero-order valence-electron chi connectivity index (χ0n) is 11.2. The average molecular weight is 315 g/mol. The van der Waals surface area contributed by atoms with E-state index in [2.05, 4.69) is 15.9 Å². The number of benzene rings is 1. The fourth-order valence-corrected chi connectivity index (χ4v) is 2.01. The molecule has 4 nitrogen and oxygen atoms in total. The third-order valence-corrected chi connectivity index (χ3v) is 3.25. The second-order valence-electron chi connectivity index (χ2n) is 4.38. The van der Waals surface area contributed by atoms with Crippen LogP contribution in [0.5, 0.6) is 5.75 Å². The summed E-state index contributed by atoms with van der Waals surface area (Å²) in [6.45, 7) is 1.55. The molecule has 0 bridgehead atoms. The van der Waals surface area contributed by atoms with Crippen molar-refractivity contribution in [3.05, 3.63) is 28.2 Å². The molecule has 100 valence electrons. The number of ether oxygens (including phenoxy) is 1. The normalized spacial score (nSPS) is 10.6. The van der Waals surface area contributed by atoms with E-state index in [4.69, 9.17) is 4.74 Å². The standard InChI is InChI=1S/C13H19BrN2O2/c1-15(2)7-8-16(3)13(17)10-5-6-12(18-4)11(14)9-10/h5-6,9H,7-8H2,1-4H3. The maximum absolute atomic E-state index is 12.2. The number of methoxy groups -OCH3 is 1. The molecule has 18 heavy (non-hydrogen) atoms. The van der Waals surface area contributed by atoms with Gasteiger partial charge in [0.25, 0.3) is 5.91 Å². The Labute approximate surface area is 117 Å². The summed E-state index contributed by atoms with van der Waals surface area (Å²) in [6.07, 6.45) is 0. The van der Waals surface area contributed by atoms with E-state index < -0.39 is 0 Å². The van der Waals surface area contributed by atoms with Crippen LogP contribution in [0.1, 0.15) is 10.4 Å². The van der Waals surface area contributed by atoms with Crippen LogP contribution in [0.15, 0.2) is 22.7 Å². The van der Waals surface area contributed by atoms with E-state index in [1.54, 1.807) is 30.2 Å². The van der Waals surface area contributed by atoms with E-state index in [0.717, 1.165) is 16.8 Å². The summed E-state index contributed by atoms with van der Waals surface area (Å²) in [6, 6.07) is 5.35. The molecule has 1 rings (SSSR count). The molecule has 1 aromatic rings. The second-order valence-corrected chi connectivity index (χ2v) is 5.23. The molecular formula is C13H19BrN2O2. The molecule has 0 unspecified atom stereocenters. The lowest BCUT2D eigenvalue weighted by atomic mass is 10.2. The van der Waals surface area contributed by atoms with E-state index in [1.165, 1.54) is 0 Å². The van der Waals surface area contributed by atoms with Gasteiger partial charge in [0.05, 0.1) is 11.6 Å². The molecule has 1 aromatic carbocycles. The van der Waals surface area contributed by atoms with Gasteiger partial charge in [-0.25, -0.2) is 0 Å². The molecule has 1 amide bonds. The molecule has 0 aliphatic carbocycles. The van der Waals surface area contributed by atoms with Crippen LogP contribution in [0, 0.1) is 0 Å². The van der Waals surface area contributed by atoms with Crippen molar-refractivity contribution in [2.24, 2.45) is 0 Å². The summed E-state index contributed by atoms with van der Waals surface area (Å²) >= 11 is 3.38. The minimum atomic E-state index is 0.0141. The van der Waals surface area contributed by atoms with Crippen molar-refractivity contribution in [1.29, 1.82) is 0 Å². The molecule has 5 heteroatoms. The summed E-state index contributed by atoms with van der Waals surface area (Å²) in [5.74, 6) is 0.739. The molecule has 0 fully saturated rings. The van der Waals surface area contributed by atoms with E-state index >= 15 is 0 Å². The van der Waals surface area contributed by atoms with Gasteiger partial charge in [0, 0.05) is 25.7 Å². The lowest BCUT2D eigenvalue weighted by Crippen LogP contribution is -2.33. The number of nitrogens with zero attached hydrogens (tertiary/aromatic N) is 2. The fraction of sp³-hybridized carbons (Fsp3) is 0.462.